The van der Waals surface area contributed by atoms with Gasteiger partial charge in [-0.15, -0.1) is 0 Å². The van der Waals surface area contributed by atoms with Gasteiger partial charge in [0.1, 0.15) is 35.2 Å². The first-order valence-electron chi connectivity index (χ1n) is 8.22. The molecule has 0 aliphatic carbocycles. The third-order valence-corrected chi connectivity index (χ3v) is 5.19. The van der Waals surface area contributed by atoms with Crippen LogP contribution in [-0.4, -0.2) is 17.8 Å². The van der Waals surface area contributed by atoms with Crippen LogP contribution in [-0.2, 0) is 6.42 Å². The number of phenolic OH excluding ortho intramolecular Hbond substituents is 1. The van der Waals surface area contributed by atoms with Gasteiger partial charge in [0.05, 0.1) is 12.5 Å². The van der Waals surface area contributed by atoms with Crippen molar-refractivity contribution in [2.45, 2.75) is 31.5 Å². The van der Waals surface area contributed by atoms with Gasteiger partial charge in [0.2, 0.25) is 0 Å². The largest absolute Gasteiger partial charge is 0.508 e. The minimum atomic E-state index is -0.0697. The van der Waals surface area contributed by atoms with Crippen LogP contribution >= 0.6 is 0 Å². The van der Waals surface area contributed by atoms with E-state index in [1.165, 1.54) is 5.56 Å². The zero-order chi connectivity index (χ0) is 16.4. The summed E-state index contributed by atoms with van der Waals surface area (Å²) >= 11 is 0. The second-order valence-electron chi connectivity index (χ2n) is 6.80. The molecule has 3 aliphatic rings. The van der Waals surface area contributed by atoms with Crippen LogP contribution in [0.3, 0.4) is 0 Å². The fraction of sp³-hybridized carbons (Fsp3) is 0.300. The summed E-state index contributed by atoms with van der Waals surface area (Å²) in [4.78, 5) is 0. The van der Waals surface area contributed by atoms with Crippen molar-refractivity contribution in [3.63, 3.8) is 0 Å². The van der Waals surface area contributed by atoms with Gasteiger partial charge in [-0.25, -0.2) is 0 Å². The molecule has 0 saturated heterocycles. The van der Waals surface area contributed by atoms with E-state index < -0.39 is 0 Å². The van der Waals surface area contributed by atoms with Gasteiger partial charge in [-0.05, 0) is 30.7 Å². The van der Waals surface area contributed by atoms with Gasteiger partial charge in [0.15, 0.2) is 0 Å². The Morgan fingerprint density at radius 2 is 1.96 bits per heavy atom. The molecule has 4 nitrogen and oxygen atoms in total. The van der Waals surface area contributed by atoms with E-state index in [2.05, 4.69) is 12.6 Å². The molecule has 2 aromatic rings. The summed E-state index contributed by atoms with van der Waals surface area (Å²) < 4.78 is 18.2. The molecule has 0 bridgehead atoms. The quantitative estimate of drug-likeness (QED) is 0.810. The smallest absolute Gasteiger partial charge is 0.138 e. The molecular weight excluding hydrogens is 304 g/mol. The van der Waals surface area contributed by atoms with Crippen LogP contribution in [0.2, 0.25) is 0 Å². The third-order valence-electron chi connectivity index (χ3n) is 5.19. The zero-order valence-electron chi connectivity index (χ0n) is 13.4. The lowest BCUT2D eigenvalue weighted by molar-refractivity contribution is 0.138. The van der Waals surface area contributed by atoms with Crippen LogP contribution in [0.4, 0.5) is 0 Å². The van der Waals surface area contributed by atoms with E-state index in [0.29, 0.717) is 12.4 Å². The zero-order valence-corrected chi connectivity index (χ0v) is 13.4. The molecule has 0 saturated carbocycles. The molecule has 4 heteroatoms. The lowest BCUT2D eigenvalue weighted by atomic mass is 9.88. The molecule has 0 unspecified atom stereocenters. The van der Waals surface area contributed by atoms with Crippen molar-refractivity contribution in [3.05, 3.63) is 59.2 Å². The Kier molecular flexibility index (Phi) is 2.70. The number of ether oxygens (including phenoxy) is 3. The van der Waals surface area contributed by atoms with Crippen LogP contribution in [0, 0.1) is 0 Å². The van der Waals surface area contributed by atoms with Crippen LogP contribution in [0.15, 0.2) is 42.5 Å². The van der Waals surface area contributed by atoms with Gasteiger partial charge < -0.3 is 19.3 Å². The maximum absolute atomic E-state index is 9.66. The van der Waals surface area contributed by atoms with Crippen LogP contribution in [0.5, 0.6) is 23.0 Å². The highest BCUT2D eigenvalue weighted by atomic mass is 16.5. The highest BCUT2D eigenvalue weighted by Gasteiger charge is 2.43. The first-order chi connectivity index (χ1) is 11.6. The molecule has 0 aromatic heterocycles. The SMILES string of the molecule is C=C(C)[C@@H]1Cc2c(ccc3c2O[C@H]2c4ccc(O)cc4OC[C@@H]32)O1. The third kappa shape index (κ3) is 1.80. The molecule has 122 valence electrons. The summed E-state index contributed by atoms with van der Waals surface area (Å²) in [5, 5.41) is 9.66. The van der Waals surface area contributed by atoms with E-state index in [1.807, 2.05) is 19.1 Å². The molecule has 0 radical (unpaired) electrons. The highest BCUT2D eigenvalue weighted by molar-refractivity contribution is 5.59. The monoisotopic (exact) mass is 322 g/mol. The second-order valence-corrected chi connectivity index (χ2v) is 6.80. The second kappa shape index (κ2) is 4.69. The first-order valence-corrected chi connectivity index (χ1v) is 8.22. The average molecular weight is 322 g/mol. The van der Waals surface area contributed by atoms with Crippen molar-refractivity contribution < 1.29 is 19.3 Å². The number of hydrogen-bond acceptors (Lipinski definition) is 4. The summed E-state index contributed by atoms with van der Waals surface area (Å²) in [6, 6.07) is 9.36. The van der Waals surface area contributed by atoms with Crippen molar-refractivity contribution in [2.75, 3.05) is 6.61 Å². The average Bonchev–Trinajstić information content (AvgIpc) is 3.15. The van der Waals surface area contributed by atoms with E-state index in [4.69, 9.17) is 14.2 Å². The van der Waals surface area contributed by atoms with Crippen molar-refractivity contribution in [2.24, 2.45) is 0 Å². The fourth-order valence-electron chi connectivity index (χ4n) is 3.91. The number of benzene rings is 2. The van der Waals surface area contributed by atoms with Crippen molar-refractivity contribution in [1.29, 1.82) is 0 Å². The molecule has 1 N–H and O–H groups in total. The predicted octanol–water partition coefficient (Wildman–Crippen LogP) is 3.88. The molecule has 3 aliphatic heterocycles. The van der Waals surface area contributed by atoms with Crippen LogP contribution in [0.1, 0.15) is 35.6 Å². The van der Waals surface area contributed by atoms with E-state index in [0.717, 1.165) is 34.6 Å². The Labute approximate surface area is 140 Å². The summed E-state index contributed by atoms with van der Waals surface area (Å²) in [5.41, 5.74) is 4.34. The highest BCUT2D eigenvalue weighted by Crippen LogP contribution is 2.55. The summed E-state index contributed by atoms with van der Waals surface area (Å²) in [6.45, 7) is 6.56. The molecule has 24 heavy (non-hydrogen) atoms. The molecule has 0 spiro atoms. The Balaban J connectivity index is 1.57. The van der Waals surface area contributed by atoms with Crippen LogP contribution in [0.25, 0.3) is 0 Å². The lowest BCUT2D eigenvalue weighted by Crippen LogP contribution is -2.23. The van der Waals surface area contributed by atoms with Crippen LogP contribution < -0.4 is 14.2 Å². The predicted molar refractivity (Wildman–Crippen MR) is 89.1 cm³/mol. The van der Waals surface area contributed by atoms with Gasteiger partial charge in [-0.2, -0.15) is 0 Å². The number of hydrogen-bond donors (Lipinski definition) is 1. The molecule has 5 rings (SSSR count). The van der Waals surface area contributed by atoms with Gasteiger partial charge >= 0.3 is 0 Å². The molecule has 0 amide bonds. The van der Waals surface area contributed by atoms with E-state index >= 15 is 0 Å². The first kappa shape index (κ1) is 13.8. The van der Waals surface area contributed by atoms with Crippen molar-refractivity contribution in [3.8, 4) is 23.0 Å². The molecule has 2 aromatic carbocycles. The Morgan fingerprint density at radius 1 is 1.12 bits per heavy atom. The Hall–Kier alpha value is -2.62. The van der Waals surface area contributed by atoms with E-state index in [-0.39, 0.29) is 23.9 Å². The minimum absolute atomic E-state index is 0.0261. The van der Waals surface area contributed by atoms with Crippen molar-refractivity contribution in [1.82, 2.24) is 0 Å². The van der Waals surface area contributed by atoms with Gasteiger partial charge in [-0.1, -0.05) is 12.6 Å². The fourth-order valence-corrected chi connectivity index (χ4v) is 3.91. The standard InChI is InChI=1S/C20H18O4/c1-10(2)17-8-14-16(23-17)6-5-12-15-9-22-18-7-11(21)3-4-13(18)20(15)24-19(12)14/h3-7,15,17,20-21H,1,8-9H2,2H3/t15-,17-,20-/m0/s1. The van der Waals surface area contributed by atoms with Crippen molar-refractivity contribution >= 4 is 0 Å². The molecule has 3 heterocycles. The summed E-state index contributed by atoms with van der Waals surface area (Å²) in [5.74, 6) is 2.92. The number of fused-ring (bicyclic) bond motifs is 7. The summed E-state index contributed by atoms with van der Waals surface area (Å²) in [7, 11) is 0. The number of phenols is 1. The molecule has 0 fully saturated rings. The number of rotatable bonds is 1. The molecular formula is C20H18O4. The summed E-state index contributed by atoms with van der Waals surface area (Å²) in [6.07, 6.45) is 0.759. The molecule has 3 atom stereocenters. The minimum Gasteiger partial charge on any atom is -0.508 e. The number of aromatic hydroxyl groups is 1. The van der Waals surface area contributed by atoms with Gasteiger partial charge in [0.25, 0.3) is 0 Å². The van der Waals surface area contributed by atoms with Gasteiger partial charge in [0, 0.05) is 29.2 Å². The van der Waals surface area contributed by atoms with E-state index in [9.17, 15) is 5.11 Å². The maximum Gasteiger partial charge on any atom is 0.138 e. The van der Waals surface area contributed by atoms with E-state index in [1.54, 1.807) is 12.1 Å². The maximum atomic E-state index is 9.66. The van der Waals surface area contributed by atoms with Gasteiger partial charge in [-0.3, -0.25) is 0 Å². The lowest BCUT2D eigenvalue weighted by Gasteiger charge is -2.27. The normalized spacial score (nSPS) is 25.5. The Bertz CT molecular complexity index is 870. The topological polar surface area (TPSA) is 47.9 Å². The Morgan fingerprint density at radius 3 is 2.79 bits per heavy atom.